The van der Waals surface area contributed by atoms with Gasteiger partial charge >= 0.3 is 0 Å². The molecule has 1 aliphatic rings. The van der Waals surface area contributed by atoms with E-state index in [1.807, 2.05) is 4.90 Å². The zero-order valence-corrected chi connectivity index (χ0v) is 7.58. The molecule has 6 heteroatoms. The summed E-state index contributed by atoms with van der Waals surface area (Å²) in [6, 6.07) is 0.164. The maximum Gasteiger partial charge on any atom is 0.271 e. The van der Waals surface area contributed by atoms with E-state index in [0.29, 0.717) is 18.9 Å². The molecule has 1 fully saturated rings. The Morgan fingerprint density at radius 1 is 1.69 bits per heavy atom. The molecule has 0 unspecified atom stereocenters. The van der Waals surface area contributed by atoms with Gasteiger partial charge in [0.25, 0.3) is 5.56 Å². The predicted octanol–water partition coefficient (Wildman–Crippen LogP) is -0.429. The minimum absolute atomic E-state index is 0.134. The number of rotatable bonds is 1. The lowest BCUT2D eigenvalue weighted by atomic mass is 10.1. The van der Waals surface area contributed by atoms with Gasteiger partial charge in [-0.2, -0.15) is 0 Å². The van der Waals surface area contributed by atoms with Crippen LogP contribution in [0.25, 0.3) is 0 Å². The summed E-state index contributed by atoms with van der Waals surface area (Å²) in [5.41, 5.74) is 5.28. The largest absolute Gasteiger partial charge is 0.352 e. The average Bonchev–Trinajstić information content (AvgIpc) is 2.05. The first kappa shape index (κ1) is 8.52. The fourth-order valence-corrected chi connectivity index (χ4v) is 1.50. The summed E-state index contributed by atoms with van der Waals surface area (Å²) in [5, 5.41) is 0.134. The van der Waals surface area contributed by atoms with Gasteiger partial charge in [-0.05, 0) is 0 Å². The van der Waals surface area contributed by atoms with Crippen molar-refractivity contribution in [2.75, 3.05) is 18.0 Å². The Bertz CT molecular complexity index is 371. The zero-order chi connectivity index (χ0) is 9.42. The third kappa shape index (κ3) is 1.40. The van der Waals surface area contributed by atoms with Crippen LogP contribution in [-0.4, -0.2) is 29.1 Å². The molecule has 2 rings (SSSR count). The number of nitrogens with one attached hydrogen (secondary N) is 1. The second kappa shape index (κ2) is 3.01. The molecule has 0 saturated carbocycles. The molecule has 0 spiro atoms. The lowest BCUT2D eigenvalue weighted by molar-refractivity contribution is 0.514. The van der Waals surface area contributed by atoms with Crippen LogP contribution in [0.1, 0.15) is 0 Å². The second-order valence-corrected chi connectivity index (χ2v) is 3.41. The highest BCUT2D eigenvalue weighted by molar-refractivity contribution is 6.32. The molecule has 0 bridgehead atoms. The van der Waals surface area contributed by atoms with Crippen LogP contribution in [0.15, 0.2) is 11.1 Å². The first-order valence-electron chi connectivity index (χ1n) is 3.92. The van der Waals surface area contributed by atoms with Crippen LogP contribution in [0.5, 0.6) is 0 Å². The summed E-state index contributed by atoms with van der Waals surface area (Å²) in [7, 11) is 0. The van der Waals surface area contributed by atoms with Gasteiger partial charge in [0, 0.05) is 19.1 Å². The lowest BCUT2D eigenvalue weighted by Crippen LogP contribution is -2.56. The Morgan fingerprint density at radius 2 is 2.38 bits per heavy atom. The van der Waals surface area contributed by atoms with Gasteiger partial charge in [0.2, 0.25) is 0 Å². The summed E-state index contributed by atoms with van der Waals surface area (Å²) in [6.45, 7) is 1.41. The van der Waals surface area contributed by atoms with Gasteiger partial charge in [0.05, 0.1) is 6.33 Å². The third-order valence-electron chi connectivity index (χ3n) is 1.99. The van der Waals surface area contributed by atoms with Crippen molar-refractivity contribution in [1.29, 1.82) is 0 Å². The monoisotopic (exact) mass is 200 g/mol. The number of halogens is 1. The summed E-state index contributed by atoms with van der Waals surface area (Å²) < 4.78 is 0. The third-order valence-corrected chi connectivity index (χ3v) is 2.33. The zero-order valence-electron chi connectivity index (χ0n) is 6.83. The van der Waals surface area contributed by atoms with Crippen LogP contribution in [0.2, 0.25) is 5.02 Å². The van der Waals surface area contributed by atoms with Gasteiger partial charge in [-0.25, -0.2) is 4.98 Å². The SMILES string of the molecule is NC1CN(c2nc[nH]c(=O)c2Cl)C1. The molecule has 70 valence electrons. The first-order valence-corrected chi connectivity index (χ1v) is 4.30. The van der Waals surface area contributed by atoms with Crippen LogP contribution in [0.4, 0.5) is 5.82 Å². The van der Waals surface area contributed by atoms with Gasteiger partial charge in [0.1, 0.15) is 5.02 Å². The number of nitrogens with two attached hydrogens (primary N) is 1. The number of aromatic amines is 1. The van der Waals surface area contributed by atoms with Crippen LogP contribution in [0.3, 0.4) is 0 Å². The van der Waals surface area contributed by atoms with Crippen molar-refractivity contribution in [3.05, 3.63) is 21.7 Å². The molecule has 1 saturated heterocycles. The van der Waals surface area contributed by atoms with Crippen LogP contribution in [0, 0.1) is 0 Å². The summed E-state index contributed by atoms with van der Waals surface area (Å²) in [6.07, 6.45) is 1.34. The lowest BCUT2D eigenvalue weighted by Gasteiger charge is -2.37. The number of hydrogen-bond donors (Lipinski definition) is 2. The van der Waals surface area contributed by atoms with Gasteiger partial charge in [-0.3, -0.25) is 4.79 Å². The highest BCUT2D eigenvalue weighted by Crippen LogP contribution is 2.22. The van der Waals surface area contributed by atoms with E-state index >= 15 is 0 Å². The van der Waals surface area contributed by atoms with Crippen molar-refractivity contribution in [3.8, 4) is 0 Å². The molecule has 5 nitrogen and oxygen atoms in total. The van der Waals surface area contributed by atoms with E-state index in [1.54, 1.807) is 0 Å². The molecule has 1 aliphatic heterocycles. The minimum atomic E-state index is -0.313. The van der Waals surface area contributed by atoms with Crippen molar-refractivity contribution < 1.29 is 0 Å². The van der Waals surface area contributed by atoms with Gasteiger partial charge in [-0.1, -0.05) is 11.6 Å². The molecule has 1 aromatic rings. The number of H-pyrrole nitrogens is 1. The van der Waals surface area contributed by atoms with E-state index in [4.69, 9.17) is 17.3 Å². The molecule has 0 atom stereocenters. The Labute approximate surface area is 79.5 Å². The van der Waals surface area contributed by atoms with Crippen molar-refractivity contribution >= 4 is 17.4 Å². The Kier molecular flexibility index (Phi) is 1.97. The van der Waals surface area contributed by atoms with Crippen molar-refractivity contribution in [1.82, 2.24) is 9.97 Å². The number of hydrogen-bond acceptors (Lipinski definition) is 4. The topological polar surface area (TPSA) is 75.0 Å². The molecule has 2 heterocycles. The highest BCUT2D eigenvalue weighted by atomic mass is 35.5. The van der Waals surface area contributed by atoms with E-state index < -0.39 is 0 Å². The molecule has 0 aliphatic carbocycles. The molecular formula is C7H9ClN4O. The fraction of sp³-hybridized carbons (Fsp3) is 0.429. The van der Waals surface area contributed by atoms with E-state index in [9.17, 15) is 4.79 Å². The van der Waals surface area contributed by atoms with E-state index in [1.165, 1.54) is 6.33 Å². The normalized spacial score (nSPS) is 17.2. The molecule has 3 N–H and O–H groups in total. The second-order valence-electron chi connectivity index (χ2n) is 3.03. The van der Waals surface area contributed by atoms with Gasteiger partial charge < -0.3 is 15.6 Å². The fourth-order valence-electron chi connectivity index (χ4n) is 1.28. The van der Waals surface area contributed by atoms with Crippen molar-refractivity contribution in [3.63, 3.8) is 0 Å². The quantitative estimate of drug-likeness (QED) is 0.645. The maximum atomic E-state index is 11.1. The van der Waals surface area contributed by atoms with Gasteiger partial charge in [-0.15, -0.1) is 0 Å². The summed E-state index contributed by atoms with van der Waals surface area (Å²) in [5.74, 6) is 0.520. The van der Waals surface area contributed by atoms with Crippen LogP contribution in [-0.2, 0) is 0 Å². The highest BCUT2D eigenvalue weighted by Gasteiger charge is 2.26. The Balaban J connectivity index is 2.31. The number of anilines is 1. The molecule has 0 amide bonds. The number of nitrogens with zero attached hydrogens (tertiary/aromatic N) is 2. The molecule has 0 aromatic carbocycles. The standard InChI is InChI=1S/C7H9ClN4O/c8-5-6(10-3-11-7(5)13)12-1-4(9)2-12/h3-4H,1-2,9H2,(H,10,11,13). The van der Waals surface area contributed by atoms with Crippen molar-refractivity contribution in [2.45, 2.75) is 6.04 Å². The molecule has 1 aromatic heterocycles. The van der Waals surface area contributed by atoms with Crippen LogP contribution >= 0.6 is 11.6 Å². The minimum Gasteiger partial charge on any atom is -0.352 e. The van der Waals surface area contributed by atoms with E-state index in [-0.39, 0.29) is 16.6 Å². The van der Waals surface area contributed by atoms with Gasteiger partial charge in [0.15, 0.2) is 5.82 Å². The smallest absolute Gasteiger partial charge is 0.271 e. The van der Waals surface area contributed by atoms with Crippen LogP contribution < -0.4 is 16.2 Å². The predicted molar refractivity (Wildman–Crippen MR) is 50.1 cm³/mol. The van der Waals surface area contributed by atoms with E-state index in [0.717, 1.165) is 0 Å². The molecule has 0 radical (unpaired) electrons. The van der Waals surface area contributed by atoms with Crippen molar-refractivity contribution in [2.24, 2.45) is 5.73 Å². The Morgan fingerprint density at radius 3 is 3.00 bits per heavy atom. The molecular weight excluding hydrogens is 192 g/mol. The average molecular weight is 201 g/mol. The summed E-state index contributed by atoms with van der Waals surface area (Å²) >= 11 is 5.76. The van der Waals surface area contributed by atoms with E-state index in [2.05, 4.69) is 9.97 Å². The maximum absolute atomic E-state index is 11.1. The summed E-state index contributed by atoms with van der Waals surface area (Å²) in [4.78, 5) is 19.3. The number of aromatic nitrogens is 2. The Hall–Kier alpha value is -1.07. The molecule has 13 heavy (non-hydrogen) atoms. The first-order chi connectivity index (χ1) is 6.18.